The second kappa shape index (κ2) is 13.7. The maximum atomic E-state index is 13.6. The van der Waals surface area contributed by atoms with Crippen LogP contribution in [0.15, 0.2) is 18.2 Å². The summed E-state index contributed by atoms with van der Waals surface area (Å²) in [6.45, 7) is 7.02. The molecular weight excluding hydrogens is 522 g/mol. The fourth-order valence-electron chi connectivity index (χ4n) is 5.51. The number of fused-ring (bicyclic) bond motifs is 1. The highest BCUT2D eigenvalue weighted by Gasteiger charge is 2.31. The molecule has 8 nitrogen and oxygen atoms in total. The summed E-state index contributed by atoms with van der Waals surface area (Å²) in [6.07, 6.45) is 7.28. The predicted octanol–water partition coefficient (Wildman–Crippen LogP) is 3.91. The summed E-state index contributed by atoms with van der Waals surface area (Å²) >= 11 is 7.61. The number of carbonyl (C=O) groups excluding carboxylic acids is 3. The summed E-state index contributed by atoms with van der Waals surface area (Å²) in [4.78, 5) is 45.8. The van der Waals surface area contributed by atoms with Crippen LogP contribution in [-0.2, 0) is 20.8 Å². The van der Waals surface area contributed by atoms with Gasteiger partial charge in [-0.3, -0.25) is 14.4 Å². The normalized spacial score (nSPS) is 18.8. The van der Waals surface area contributed by atoms with E-state index in [9.17, 15) is 14.4 Å². The number of rotatable bonds is 12. The van der Waals surface area contributed by atoms with Crippen LogP contribution in [0, 0.1) is 11.8 Å². The fraction of sp³-hybridized carbons (Fsp3) is 0.643. The smallest absolute Gasteiger partial charge is 0.243 e. The largest absolute Gasteiger partial charge is 0.354 e. The molecule has 1 aromatic heterocycles. The van der Waals surface area contributed by atoms with Gasteiger partial charge in [0.25, 0.3) is 0 Å². The summed E-state index contributed by atoms with van der Waals surface area (Å²) in [5, 5.41) is 10.6. The highest BCUT2D eigenvalue weighted by molar-refractivity contribution is 7.18. The lowest BCUT2D eigenvalue weighted by Crippen LogP contribution is -2.55. The van der Waals surface area contributed by atoms with Gasteiger partial charge in [-0.25, -0.2) is 4.98 Å². The van der Waals surface area contributed by atoms with Crippen LogP contribution in [0.25, 0.3) is 10.2 Å². The number of thiazole rings is 1. The number of halogens is 1. The molecule has 4 rings (SSSR count). The zero-order valence-corrected chi connectivity index (χ0v) is 24.0. The fourth-order valence-corrected chi connectivity index (χ4v) is 6.80. The van der Waals surface area contributed by atoms with Crippen molar-refractivity contribution in [3.8, 4) is 0 Å². The lowest BCUT2D eigenvalue weighted by Gasteiger charge is -2.28. The molecule has 0 radical (unpaired) electrons. The Bertz CT molecular complexity index is 1110. The highest BCUT2D eigenvalue weighted by Crippen LogP contribution is 2.28. The first-order valence-electron chi connectivity index (χ1n) is 14.0. The van der Waals surface area contributed by atoms with Gasteiger partial charge >= 0.3 is 0 Å². The number of hydrogen-bond donors (Lipinski definition) is 3. The molecule has 2 aliphatic rings. The number of hydrogen-bond acceptors (Lipinski definition) is 6. The molecule has 0 spiro atoms. The van der Waals surface area contributed by atoms with E-state index in [-0.39, 0.29) is 36.1 Å². The molecule has 38 heavy (non-hydrogen) atoms. The summed E-state index contributed by atoms with van der Waals surface area (Å²) in [6, 6.07) is 4.60. The van der Waals surface area contributed by atoms with Crippen LogP contribution in [0.3, 0.4) is 0 Å². The molecule has 1 saturated carbocycles. The van der Waals surface area contributed by atoms with Crippen molar-refractivity contribution in [1.29, 1.82) is 0 Å². The molecule has 0 bridgehead atoms. The average Bonchev–Trinajstić information content (AvgIpc) is 3.67. The topological polar surface area (TPSA) is 103 Å². The number of nitrogens with zero attached hydrogens (tertiary/aromatic N) is 2. The molecule has 1 aliphatic carbocycles. The number of amides is 3. The third-order valence-electron chi connectivity index (χ3n) is 7.72. The van der Waals surface area contributed by atoms with Crippen molar-refractivity contribution < 1.29 is 14.4 Å². The van der Waals surface area contributed by atoms with Crippen molar-refractivity contribution in [2.45, 2.75) is 77.3 Å². The van der Waals surface area contributed by atoms with Crippen LogP contribution in [0.2, 0.25) is 5.02 Å². The summed E-state index contributed by atoms with van der Waals surface area (Å²) in [7, 11) is 0. The number of nitrogens with one attached hydrogen (secondary N) is 3. The van der Waals surface area contributed by atoms with E-state index in [2.05, 4.69) is 25.8 Å². The molecule has 1 aliphatic heterocycles. The number of carbonyl (C=O) groups is 3. The van der Waals surface area contributed by atoms with E-state index in [4.69, 9.17) is 11.6 Å². The van der Waals surface area contributed by atoms with Crippen LogP contribution in [0.1, 0.15) is 63.8 Å². The summed E-state index contributed by atoms with van der Waals surface area (Å²) < 4.78 is 0.947. The molecule has 3 amide bonds. The van der Waals surface area contributed by atoms with Crippen LogP contribution >= 0.6 is 22.9 Å². The Morgan fingerprint density at radius 1 is 1.11 bits per heavy atom. The maximum Gasteiger partial charge on any atom is 0.243 e. The third-order valence-corrected chi connectivity index (χ3v) is 8.99. The van der Waals surface area contributed by atoms with Gasteiger partial charge in [0, 0.05) is 42.9 Å². The first-order chi connectivity index (χ1) is 18.3. The van der Waals surface area contributed by atoms with Crippen LogP contribution in [0.5, 0.6) is 0 Å². The van der Waals surface area contributed by atoms with Gasteiger partial charge in [-0.15, -0.1) is 11.3 Å². The van der Waals surface area contributed by atoms with Gasteiger partial charge in [-0.1, -0.05) is 38.3 Å². The summed E-state index contributed by atoms with van der Waals surface area (Å²) in [5.74, 6) is -0.188. The minimum atomic E-state index is -0.743. The maximum absolute atomic E-state index is 13.6. The first-order valence-corrected chi connectivity index (χ1v) is 15.2. The third kappa shape index (κ3) is 7.90. The second-order valence-corrected chi connectivity index (χ2v) is 12.3. The Kier molecular flexibility index (Phi) is 10.4. The SMILES string of the molecule is CCC(=O)N[C@@H](Cc1nc2ccc(Cl)cc2s1)C(=O)NC(CNC(=O)C(C)CN1CCCC1)C1CCCC1. The lowest BCUT2D eigenvalue weighted by molar-refractivity contribution is -0.129. The van der Waals surface area contributed by atoms with E-state index in [1.165, 1.54) is 24.2 Å². The van der Waals surface area contributed by atoms with Gasteiger partial charge in [0.1, 0.15) is 6.04 Å². The van der Waals surface area contributed by atoms with Crippen LogP contribution in [-0.4, -0.2) is 65.9 Å². The monoisotopic (exact) mass is 561 g/mol. The lowest BCUT2D eigenvalue weighted by atomic mass is 9.97. The van der Waals surface area contributed by atoms with Gasteiger partial charge < -0.3 is 20.9 Å². The Labute approximate surface area is 234 Å². The Balaban J connectivity index is 1.41. The molecule has 2 fully saturated rings. The number of benzene rings is 1. The highest BCUT2D eigenvalue weighted by atomic mass is 35.5. The Morgan fingerprint density at radius 3 is 2.55 bits per heavy atom. The molecule has 1 saturated heterocycles. The minimum absolute atomic E-state index is 0.0260. The van der Waals surface area contributed by atoms with Gasteiger partial charge in [0.2, 0.25) is 17.7 Å². The standard InChI is InChI=1S/C28H40ClN5O3S/c1-3-25(35)31-22(15-26-32-21-11-10-20(29)14-24(21)38-26)28(37)33-23(19-8-4-5-9-19)16-30-27(36)18(2)17-34-12-6-7-13-34/h10-11,14,18-19,22-23H,3-9,12-13,15-17H2,1-2H3,(H,30,36)(H,31,35)(H,33,37)/t18?,22-,23?/m0/s1. The number of likely N-dealkylation sites (tertiary alicyclic amines) is 1. The van der Waals surface area contributed by atoms with E-state index in [0.717, 1.165) is 60.5 Å². The molecule has 1 aromatic carbocycles. The molecular formula is C28H40ClN5O3S. The van der Waals surface area contributed by atoms with Crippen molar-refractivity contribution in [3.05, 3.63) is 28.2 Å². The van der Waals surface area contributed by atoms with E-state index in [1.807, 2.05) is 19.1 Å². The van der Waals surface area contributed by atoms with E-state index >= 15 is 0 Å². The zero-order chi connectivity index (χ0) is 27.1. The summed E-state index contributed by atoms with van der Waals surface area (Å²) in [5.41, 5.74) is 0.824. The first kappa shape index (κ1) is 28.8. The molecule has 2 unspecified atom stereocenters. The zero-order valence-electron chi connectivity index (χ0n) is 22.4. The quantitative estimate of drug-likeness (QED) is 0.364. The van der Waals surface area contributed by atoms with Gasteiger partial charge in [-0.2, -0.15) is 0 Å². The second-order valence-electron chi connectivity index (χ2n) is 10.7. The van der Waals surface area contributed by atoms with Crippen molar-refractivity contribution in [3.63, 3.8) is 0 Å². The van der Waals surface area contributed by atoms with Crippen molar-refractivity contribution in [2.24, 2.45) is 11.8 Å². The minimum Gasteiger partial charge on any atom is -0.354 e. The predicted molar refractivity (Wildman–Crippen MR) is 152 cm³/mol. The molecule has 3 N–H and O–H groups in total. The van der Waals surface area contributed by atoms with Crippen molar-refractivity contribution >= 4 is 50.9 Å². The van der Waals surface area contributed by atoms with E-state index < -0.39 is 6.04 Å². The van der Waals surface area contributed by atoms with Gasteiger partial charge in [0.05, 0.1) is 15.2 Å². The Hall–Kier alpha value is -2.23. The van der Waals surface area contributed by atoms with E-state index in [0.29, 0.717) is 23.9 Å². The van der Waals surface area contributed by atoms with Crippen LogP contribution < -0.4 is 16.0 Å². The van der Waals surface area contributed by atoms with Gasteiger partial charge in [0.15, 0.2) is 0 Å². The average molecular weight is 562 g/mol. The number of aromatic nitrogens is 1. The van der Waals surface area contributed by atoms with Crippen LogP contribution in [0.4, 0.5) is 0 Å². The molecule has 208 valence electrons. The van der Waals surface area contributed by atoms with E-state index in [1.54, 1.807) is 13.0 Å². The molecule has 2 heterocycles. The molecule has 2 aromatic rings. The van der Waals surface area contributed by atoms with Crippen molar-refractivity contribution in [1.82, 2.24) is 25.8 Å². The van der Waals surface area contributed by atoms with Crippen molar-refractivity contribution in [2.75, 3.05) is 26.2 Å². The van der Waals surface area contributed by atoms with Gasteiger partial charge in [-0.05, 0) is 62.9 Å². The molecule has 10 heteroatoms. The molecule has 3 atom stereocenters. The Morgan fingerprint density at radius 2 is 1.84 bits per heavy atom.